The van der Waals surface area contributed by atoms with E-state index in [4.69, 9.17) is 0 Å². The van der Waals surface area contributed by atoms with Crippen molar-refractivity contribution in [1.82, 2.24) is 34.2 Å². The first-order valence-electron chi connectivity index (χ1n) is 13.5. The predicted molar refractivity (Wildman–Crippen MR) is 152 cm³/mol. The van der Waals surface area contributed by atoms with Gasteiger partial charge in [-0.25, -0.2) is 32.9 Å². The Kier molecular flexibility index (Phi) is 7.76. The van der Waals surface area contributed by atoms with E-state index in [0.717, 1.165) is 12.3 Å². The molecule has 0 spiro atoms. The third-order valence-electron chi connectivity index (χ3n) is 7.13. The number of carbonyl (C=O) groups is 2. The summed E-state index contributed by atoms with van der Waals surface area (Å²) in [4.78, 5) is 42.2. The number of amides is 3. The molecule has 42 heavy (non-hydrogen) atoms. The summed E-state index contributed by atoms with van der Waals surface area (Å²) in [5.41, 5.74) is 0.878. The minimum atomic E-state index is -0.760. The van der Waals surface area contributed by atoms with Gasteiger partial charge in [0, 0.05) is 57.6 Å². The topological polar surface area (TPSA) is 99.5 Å². The number of aryl methyl sites for hydroxylation is 1. The Morgan fingerprint density at radius 1 is 0.929 bits per heavy atom. The summed E-state index contributed by atoms with van der Waals surface area (Å²) in [6.45, 7) is 6.94. The molecule has 2 aromatic carbocycles. The molecule has 2 aromatic heterocycles. The van der Waals surface area contributed by atoms with Gasteiger partial charge in [-0.05, 0) is 51.1 Å². The average Bonchev–Trinajstić information content (AvgIpc) is 3.30. The molecule has 1 aliphatic rings. The molecule has 0 radical (unpaired) electrons. The number of rotatable bonds is 5. The number of imidazole rings is 1. The van der Waals surface area contributed by atoms with Crippen LogP contribution in [0.2, 0.25) is 0 Å². The van der Waals surface area contributed by atoms with Crippen LogP contribution < -0.4 is 5.32 Å². The van der Waals surface area contributed by atoms with Crippen molar-refractivity contribution < 1.29 is 22.8 Å². The highest BCUT2D eigenvalue weighted by Crippen LogP contribution is 2.30. The number of carbonyl (C=O) groups excluding carboxylic acids is 2. The number of benzene rings is 2. The Balaban J connectivity index is 1.35. The van der Waals surface area contributed by atoms with Gasteiger partial charge in [0.2, 0.25) is 5.95 Å². The predicted octanol–water partition coefficient (Wildman–Crippen LogP) is 4.98. The largest absolute Gasteiger partial charge is 0.335 e. The van der Waals surface area contributed by atoms with E-state index in [2.05, 4.69) is 20.3 Å². The van der Waals surface area contributed by atoms with Gasteiger partial charge in [0.25, 0.3) is 5.91 Å². The Morgan fingerprint density at radius 3 is 2.26 bits per heavy atom. The lowest BCUT2D eigenvalue weighted by molar-refractivity contribution is 0.0645. The molecule has 1 saturated heterocycles. The van der Waals surface area contributed by atoms with Crippen molar-refractivity contribution in [2.45, 2.75) is 26.8 Å². The summed E-state index contributed by atoms with van der Waals surface area (Å²) in [5, 5.41) is 2.83. The highest BCUT2D eigenvalue weighted by Gasteiger charge is 2.27. The van der Waals surface area contributed by atoms with Crippen LogP contribution in [0.1, 0.15) is 36.1 Å². The fraction of sp³-hybridized carbons (Fsp3) is 0.345. The lowest BCUT2D eigenvalue weighted by Gasteiger charge is -2.36. The average molecular weight is 581 g/mol. The van der Waals surface area contributed by atoms with Crippen molar-refractivity contribution >= 4 is 34.6 Å². The normalized spacial score (nSPS) is 13.6. The van der Waals surface area contributed by atoms with E-state index < -0.39 is 23.4 Å². The summed E-state index contributed by atoms with van der Waals surface area (Å²) < 4.78 is 46.8. The van der Waals surface area contributed by atoms with Gasteiger partial charge in [-0.2, -0.15) is 0 Å². The number of aromatic nitrogens is 4. The molecule has 1 N–H and O–H groups in total. The number of nitrogens with one attached hydrogen (secondary N) is 1. The minimum Gasteiger partial charge on any atom is -0.335 e. The number of piperazine rings is 1. The third kappa shape index (κ3) is 5.46. The molecule has 0 bridgehead atoms. The maximum absolute atomic E-state index is 15.1. The van der Waals surface area contributed by atoms with Crippen molar-refractivity contribution in [3.63, 3.8) is 0 Å². The molecule has 13 heteroatoms. The molecule has 1 fully saturated rings. The van der Waals surface area contributed by atoms with Crippen LogP contribution in [0.25, 0.3) is 22.3 Å². The minimum absolute atomic E-state index is 0.00115. The second kappa shape index (κ2) is 11.3. The number of nitrogens with zero attached hydrogens (tertiary/aromatic N) is 7. The van der Waals surface area contributed by atoms with Gasteiger partial charge in [0.1, 0.15) is 22.9 Å². The number of hydrogen-bond acceptors (Lipinski definition) is 6. The van der Waals surface area contributed by atoms with Crippen LogP contribution in [0, 0.1) is 24.4 Å². The van der Waals surface area contributed by atoms with Crippen LogP contribution in [0.4, 0.5) is 29.6 Å². The van der Waals surface area contributed by atoms with Crippen molar-refractivity contribution in [1.29, 1.82) is 0 Å². The van der Waals surface area contributed by atoms with Gasteiger partial charge < -0.3 is 24.6 Å². The molecular weight excluding hydrogens is 549 g/mol. The highest BCUT2D eigenvalue weighted by atomic mass is 19.1. The lowest BCUT2D eigenvalue weighted by Crippen LogP contribution is -2.53. The van der Waals surface area contributed by atoms with Crippen LogP contribution in [0.15, 0.2) is 36.5 Å². The van der Waals surface area contributed by atoms with Crippen molar-refractivity contribution in [2.24, 2.45) is 0 Å². The maximum Gasteiger partial charge on any atom is 0.319 e. The fourth-order valence-electron chi connectivity index (χ4n) is 5.14. The Labute approximate surface area is 240 Å². The molecule has 0 atom stereocenters. The summed E-state index contributed by atoms with van der Waals surface area (Å²) in [6.07, 6.45) is 0.951. The van der Waals surface area contributed by atoms with E-state index in [-0.39, 0.29) is 59.1 Å². The van der Waals surface area contributed by atoms with E-state index in [1.807, 2.05) is 18.4 Å². The molecule has 4 aromatic rings. The first-order chi connectivity index (χ1) is 19.9. The van der Waals surface area contributed by atoms with Crippen LogP contribution in [-0.2, 0) is 0 Å². The number of fused-ring (bicyclic) bond motifs is 1. The lowest BCUT2D eigenvalue weighted by atomic mass is 10.1. The smallest absolute Gasteiger partial charge is 0.319 e. The zero-order valence-electron chi connectivity index (χ0n) is 24.0. The molecule has 220 valence electrons. The van der Waals surface area contributed by atoms with Gasteiger partial charge >= 0.3 is 6.03 Å². The summed E-state index contributed by atoms with van der Waals surface area (Å²) >= 11 is 0. The summed E-state index contributed by atoms with van der Waals surface area (Å²) in [7, 11) is 3.32. The first-order valence-corrected chi connectivity index (χ1v) is 13.5. The van der Waals surface area contributed by atoms with E-state index >= 15 is 4.39 Å². The second-order valence-corrected chi connectivity index (χ2v) is 10.6. The number of hydrogen-bond donors (Lipinski definition) is 1. The number of anilines is 2. The maximum atomic E-state index is 15.1. The Morgan fingerprint density at radius 2 is 1.62 bits per heavy atom. The Hall–Kier alpha value is -4.68. The number of halogens is 3. The SMILES string of the molecule is Cc1nc2c(F)cc(-c3nc(Nc4ccc(C(=O)N5CCN(C(=O)N(C)C)CC5)c(F)c4)ncc3F)cc2n1C(C)C. The molecule has 0 unspecified atom stereocenters. The van der Waals surface area contributed by atoms with Crippen molar-refractivity contribution in [2.75, 3.05) is 45.6 Å². The summed E-state index contributed by atoms with van der Waals surface area (Å²) in [5.74, 6) is -2.02. The van der Waals surface area contributed by atoms with E-state index in [9.17, 15) is 18.4 Å². The zero-order chi connectivity index (χ0) is 30.3. The van der Waals surface area contributed by atoms with E-state index in [1.165, 1.54) is 28.0 Å². The van der Waals surface area contributed by atoms with Crippen LogP contribution in [-0.4, -0.2) is 86.4 Å². The monoisotopic (exact) mass is 580 g/mol. The summed E-state index contributed by atoms with van der Waals surface area (Å²) in [6, 6.07) is 6.62. The Bertz CT molecular complexity index is 1680. The molecule has 0 aliphatic carbocycles. The molecule has 5 rings (SSSR count). The first kappa shape index (κ1) is 28.8. The molecule has 3 amide bonds. The number of urea groups is 1. The van der Waals surface area contributed by atoms with E-state index in [0.29, 0.717) is 24.4 Å². The van der Waals surface area contributed by atoms with Gasteiger partial charge in [0.15, 0.2) is 11.6 Å². The quantitative estimate of drug-likeness (QED) is 0.358. The van der Waals surface area contributed by atoms with Gasteiger partial charge in [-0.3, -0.25) is 4.79 Å². The molecule has 1 aliphatic heterocycles. The van der Waals surface area contributed by atoms with Crippen molar-refractivity contribution in [3.8, 4) is 11.3 Å². The fourth-order valence-corrected chi connectivity index (χ4v) is 5.14. The molecule has 10 nitrogen and oxygen atoms in total. The molecule has 0 saturated carbocycles. The van der Waals surface area contributed by atoms with Gasteiger partial charge in [-0.1, -0.05) is 0 Å². The zero-order valence-corrected chi connectivity index (χ0v) is 24.0. The molecular formula is C29H31F3N8O2. The highest BCUT2D eigenvalue weighted by molar-refractivity contribution is 5.95. The van der Waals surface area contributed by atoms with Crippen LogP contribution in [0.5, 0.6) is 0 Å². The van der Waals surface area contributed by atoms with Crippen LogP contribution >= 0.6 is 0 Å². The second-order valence-electron chi connectivity index (χ2n) is 10.6. The van der Waals surface area contributed by atoms with Gasteiger partial charge in [-0.15, -0.1) is 0 Å². The molecule has 3 heterocycles. The van der Waals surface area contributed by atoms with Gasteiger partial charge in [0.05, 0.1) is 17.3 Å². The van der Waals surface area contributed by atoms with E-state index in [1.54, 1.807) is 32.0 Å². The van der Waals surface area contributed by atoms with Crippen molar-refractivity contribution in [3.05, 3.63) is 65.4 Å². The standard InChI is InChI=1S/C29H31F3N8O2/c1-16(2)40-17(3)34-26-22(31)12-18(13-24(26)40)25-23(32)15-33-28(36-25)35-19-6-7-20(21(30)14-19)27(41)38-8-10-39(11-9-38)29(42)37(4)5/h6-7,12-16H,8-11H2,1-5H3,(H,33,35,36). The van der Waals surface area contributed by atoms with Crippen LogP contribution in [0.3, 0.4) is 0 Å². The third-order valence-corrected chi connectivity index (χ3v) is 7.13.